The van der Waals surface area contributed by atoms with Crippen LogP contribution in [-0.4, -0.2) is 5.11 Å². The van der Waals surface area contributed by atoms with Crippen molar-refractivity contribution in [1.82, 2.24) is 0 Å². The molecule has 0 amide bonds. The Morgan fingerprint density at radius 2 is 1.26 bits per heavy atom. The number of aromatic hydroxyl groups is 1. The first-order chi connectivity index (χ1) is 11.0. The van der Waals surface area contributed by atoms with Gasteiger partial charge in [0.1, 0.15) is 5.75 Å². The molecule has 1 rings (SSSR count). The molecule has 23 heavy (non-hydrogen) atoms. The van der Waals surface area contributed by atoms with Crippen LogP contribution in [0.3, 0.4) is 0 Å². The van der Waals surface area contributed by atoms with Crippen molar-refractivity contribution in [3.63, 3.8) is 0 Å². The molecule has 1 heteroatoms. The van der Waals surface area contributed by atoms with E-state index in [2.05, 4.69) is 46.8 Å². The second-order valence-electron chi connectivity index (χ2n) is 7.69. The molecule has 1 N–H and O–H groups in total. The second kappa shape index (κ2) is 10.0. The zero-order chi connectivity index (χ0) is 17.3. The Labute approximate surface area is 144 Å². The van der Waals surface area contributed by atoms with Crippen LogP contribution >= 0.6 is 0 Å². The van der Waals surface area contributed by atoms with Gasteiger partial charge in [-0.2, -0.15) is 0 Å². The Morgan fingerprint density at radius 1 is 0.783 bits per heavy atom. The summed E-state index contributed by atoms with van der Waals surface area (Å²) in [5.41, 5.74) is 3.95. The topological polar surface area (TPSA) is 20.2 Å². The minimum Gasteiger partial charge on any atom is -0.507 e. The van der Waals surface area contributed by atoms with Crippen LogP contribution in [0.5, 0.6) is 5.75 Å². The van der Waals surface area contributed by atoms with Gasteiger partial charge >= 0.3 is 0 Å². The summed E-state index contributed by atoms with van der Waals surface area (Å²) < 4.78 is 0. The van der Waals surface area contributed by atoms with Crippen LogP contribution < -0.4 is 0 Å². The van der Waals surface area contributed by atoms with Gasteiger partial charge in [0, 0.05) is 0 Å². The standard InChI is InChI=1S/C22H38O/c1-6-9-12-15-22(4,5)20-16-18(13-10-7-2)21(23)19(17-20)14-11-8-3/h16-17,23H,6-15H2,1-5H3. The molecule has 1 nitrogen and oxygen atoms in total. The zero-order valence-corrected chi connectivity index (χ0v) is 16.2. The van der Waals surface area contributed by atoms with E-state index in [-0.39, 0.29) is 5.41 Å². The van der Waals surface area contributed by atoms with Crippen molar-refractivity contribution in [2.75, 3.05) is 0 Å². The maximum absolute atomic E-state index is 10.6. The van der Waals surface area contributed by atoms with Crippen LogP contribution in [0.2, 0.25) is 0 Å². The highest BCUT2D eigenvalue weighted by atomic mass is 16.3. The number of aryl methyl sites for hydroxylation is 2. The van der Waals surface area contributed by atoms with Crippen LogP contribution in [0.4, 0.5) is 0 Å². The number of rotatable bonds is 11. The molecule has 0 atom stereocenters. The van der Waals surface area contributed by atoms with Gasteiger partial charge in [0.25, 0.3) is 0 Å². The minimum atomic E-state index is 0.199. The highest BCUT2D eigenvalue weighted by Gasteiger charge is 2.22. The fourth-order valence-corrected chi connectivity index (χ4v) is 3.23. The van der Waals surface area contributed by atoms with E-state index in [9.17, 15) is 5.11 Å². The van der Waals surface area contributed by atoms with Crippen LogP contribution in [0.25, 0.3) is 0 Å². The van der Waals surface area contributed by atoms with E-state index in [1.54, 1.807) is 0 Å². The summed E-state index contributed by atoms with van der Waals surface area (Å²) in [7, 11) is 0. The van der Waals surface area contributed by atoms with Crippen LogP contribution in [0, 0.1) is 0 Å². The average Bonchev–Trinajstić information content (AvgIpc) is 2.52. The van der Waals surface area contributed by atoms with Gasteiger partial charge in [0.15, 0.2) is 0 Å². The molecule has 132 valence electrons. The van der Waals surface area contributed by atoms with E-state index in [0.717, 1.165) is 25.7 Å². The molecular formula is C22H38O. The molecule has 0 aliphatic carbocycles. The summed E-state index contributed by atoms with van der Waals surface area (Å²) >= 11 is 0. The van der Waals surface area contributed by atoms with Crippen molar-refractivity contribution in [1.29, 1.82) is 0 Å². The van der Waals surface area contributed by atoms with Crippen LogP contribution in [-0.2, 0) is 18.3 Å². The summed E-state index contributed by atoms with van der Waals surface area (Å²) in [4.78, 5) is 0. The van der Waals surface area contributed by atoms with Gasteiger partial charge in [0.05, 0.1) is 0 Å². The smallest absolute Gasteiger partial charge is 0.121 e. The van der Waals surface area contributed by atoms with E-state index in [1.807, 2.05) is 0 Å². The SMILES string of the molecule is CCCCCC(C)(C)c1cc(CCCC)c(O)c(CCCC)c1. The third-order valence-corrected chi connectivity index (χ3v) is 5.05. The van der Waals surface area contributed by atoms with E-state index in [4.69, 9.17) is 0 Å². The van der Waals surface area contributed by atoms with Gasteiger partial charge in [-0.15, -0.1) is 0 Å². The molecule has 1 aromatic rings. The Morgan fingerprint density at radius 3 is 1.70 bits per heavy atom. The summed E-state index contributed by atoms with van der Waals surface area (Å²) in [6, 6.07) is 4.57. The maximum Gasteiger partial charge on any atom is 0.121 e. The van der Waals surface area contributed by atoms with Gasteiger partial charge < -0.3 is 5.11 Å². The highest BCUT2D eigenvalue weighted by molar-refractivity contribution is 5.46. The van der Waals surface area contributed by atoms with Gasteiger partial charge in [-0.05, 0) is 54.2 Å². The van der Waals surface area contributed by atoms with E-state index < -0.39 is 0 Å². The Bertz CT molecular complexity index is 430. The molecule has 0 spiro atoms. The Balaban J connectivity index is 3.08. The normalized spacial score (nSPS) is 11.9. The number of hydrogen-bond acceptors (Lipinski definition) is 1. The Hall–Kier alpha value is -0.980. The predicted octanol–water partition coefficient (Wildman–Crippen LogP) is 6.94. The third kappa shape index (κ3) is 6.20. The molecular weight excluding hydrogens is 280 g/mol. The van der Waals surface area contributed by atoms with Crippen molar-refractivity contribution in [3.05, 3.63) is 28.8 Å². The molecule has 0 aliphatic heterocycles. The summed E-state index contributed by atoms with van der Waals surface area (Å²) in [6.07, 6.45) is 11.8. The van der Waals surface area contributed by atoms with Crippen molar-refractivity contribution in [2.45, 2.75) is 104 Å². The van der Waals surface area contributed by atoms with Gasteiger partial charge in [-0.1, -0.05) is 78.9 Å². The Kier molecular flexibility index (Phi) is 8.73. The molecule has 0 saturated heterocycles. The van der Waals surface area contributed by atoms with Crippen molar-refractivity contribution >= 4 is 0 Å². The number of benzene rings is 1. The monoisotopic (exact) mass is 318 g/mol. The molecule has 1 aromatic carbocycles. The molecule has 0 heterocycles. The minimum absolute atomic E-state index is 0.199. The molecule has 0 fully saturated rings. The number of phenols is 1. The first-order valence-electron chi connectivity index (χ1n) is 9.81. The first kappa shape index (κ1) is 20.1. The summed E-state index contributed by atoms with van der Waals surface area (Å²) in [5, 5.41) is 10.6. The lowest BCUT2D eigenvalue weighted by atomic mass is 9.78. The van der Waals surface area contributed by atoms with Crippen molar-refractivity contribution in [3.8, 4) is 5.75 Å². The fraction of sp³-hybridized carbons (Fsp3) is 0.727. The van der Waals surface area contributed by atoms with Crippen LogP contribution in [0.1, 0.15) is 103 Å². The van der Waals surface area contributed by atoms with Gasteiger partial charge in [-0.25, -0.2) is 0 Å². The largest absolute Gasteiger partial charge is 0.507 e. The van der Waals surface area contributed by atoms with E-state index >= 15 is 0 Å². The number of hydrogen-bond donors (Lipinski definition) is 1. The van der Waals surface area contributed by atoms with Gasteiger partial charge in [0.2, 0.25) is 0 Å². The average molecular weight is 319 g/mol. The molecule has 0 bridgehead atoms. The zero-order valence-electron chi connectivity index (χ0n) is 16.2. The van der Waals surface area contributed by atoms with E-state index in [1.165, 1.54) is 55.2 Å². The molecule has 0 radical (unpaired) electrons. The van der Waals surface area contributed by atoms with Crippen molar-refractivity contribution < 1.29 is 5.11 Å². The summed E-state index contributed by atoms with van der Waals surface area (Å²) in [6.45, 7) is 11.4. The first-order valence-corrected chi connectivity index (χ1v) is 9.81. The quantitative estimate of drug-likeness (QED) is 0.438. The van der Waals surface area contributed by atoms with Gasteiger partial charge in [-0.3, -0.25) is 0 Å². The molecule has 0 unspecified atom stereocenters. The summed E-state index contributed by atoms with van der Waals surface area (Å²) in [5.74, 6) is 0.569. The highest BCUT2D eigenvalue weighted by Crippen LogP contribution is 2.35. The molecule has 0 saturated carbocycles. The number of phenolic OH excluding ortho intramolecular Hbond substituents is 1. The third-order valence-electron chi connectivity index (χ3n) is 5.05. The van der Waals surface area contributed by atoms with Crippen molar-refractivity contribution in [2.24, 2.45) is 0 Å². The van der Waals surface area contributed by atoms with Crippen LogP contribution in [0.15, 0.2) is 12.1 Å². The number of unbranched alkanes of at least 4 members (excludes halogenated alkanes) is 4. The predicted molar refractivity (Wildman–Crippen MR) is 102 cm³/mol. The van der Waals surface area contributed by atoms with E-state index in [0.29, 0.717) is 5.75 Å². The molecule has 0 aliphatic rings. The maximum atomic E-state index is 10.6. The second-order valence-corrected chi connectivity index (χ2v) is 7.69. The lowest BCUT2D eigenvalue weighted by molar-refractivity contribution is 0.440. The lowest BCUT2D eigenvalue weighted by Gasteiger charge is -2.27. The fourth-order valence-electron chi connectivity index (χ4n) is 3.23. The lowest BCUT2D eigenvalue weighted by Crippen LogP contribution is -2.18. The molecule has 0 aromatic heterocycles.